The molecule has 0 N–H and O–H groups in total. The highest BCUT2D eigenvalue weighted by molar-refractivity contribution is 8.13. The van der Waals surface area contributed by atoms with Gasteiger partial charge in [0.1, 0.15) is 16.7 Å². The second kappa shape index (κ2) is 5.72. The fourth-order valence-electron chi connectivity index (χ4n) is 2.21. The van der Waals surface area contributed by atoms with Gasteiger partial charge in [0.05, 0.1) is 6.07 Å². The molecule has 7 nitrogen and oxygen atoms in total. The number of carbonyl (C=O) groups is 1. The smallest absolute Gasteiger partial charge is 0.403 e. The molecule has 112 valence electrons. The van der Waals surface area contributed by atoms with Crippen molar-refractivity contribution in [1.82, 2.24) is 4.90 Å². The first-order valence-electron chi connectivity index (χ1n) is 6.18. The van der Waals surface area contributed by atoms with Crippen LogP contribution >= 0.6 is 11.8 Å². The largest absolute Gasteiger partial charge is 0.433 e. The number of rotatable bonds is 3. The number of amidine groups is 1. The van der Waals surface area contributed by atoms with Gasteiger partial charge in [-0.05, 0) is 26.2 Å². The Hall–Kier alpha value is -2.09. The first-order chi connectivity index (χ1) is 9.86. The lowest BCUT2D eigenvalue weighted by Gasteiger charge is -2.30. The average molecular weight is 309 g/mol. The molecule has 1 aliphatic heterocycles. The van der Waals surface area contributed by atoms with Crippen LogP contribution in [-0.2, 0) is 4.79 Å². The number of hydrogen-bond donors (Lipinski definition) is 0. The molecule has 0 saturated carbocycles. The molecular formula is C13H15N3O4S. The number of allylic oxidation sites excluding steroid dienone is 1. The zero-order valence-corrected chi connectivity index (χ0v) is 12.9. The summed E-state index contributed by atoms with van der Waals surface area (Å²) in [5.41, 5.74) is 1.26. The first-order valence-corrected chi connectivity index (χ1v) is 7.40. The van der Waals surface area contributed by atoms with Gasteiger partial charge in [0.2, 0.25) is 0 Å². The Morgan fingerprint density at radius 2 is 2.19 bits per heavy atom. The van der Waals surface area contributed by atoms with Crippen LogP contribution < -0.4 is 0 Å². The highest BCUT2D eigenvalue weighted by atomic mass is 32.2. The molecule has 0 amide bonds. The number of nitro groups is 1. The van der Waals surface area contributed by atoms with Gasteiger partial charge in [-0.3, -0.25) is 14.9 Å². The zero-order chi connectivity index (χ0) is 15.7. The van der Waals surface area contributed by atoms with Gasteiger partial charge < -0.3 is 9.32 Å². The van der Waals surface area contributed by atoms with Gasteiger partial charge in [-0.25, -0.2) is 4.99 Å². The van der Waals surface area contributed by atoms with Crippen LogP contribution in [0.25, 0.3) is 0 Å². The molecule has 0 radical (unpaired) electrons. The van der Waals surface area contributed by atoms with Crippen LogP contribution in [0.15, 0.2) is 32.8 Å². The Labute approximate surface area is 125 Å². The van der Waals surface area contributed by atoms with E-state index in [1.54, 1.807) is 0 Å². The third-order valence-electron chi connectivity index (χ3n) is 3.32. The number of Topliss-reactive ketones (excluding diaryl/α,β-unsaturated/α-hetero) is 1. The molecular weight excluding hydrogens is 294 g/mol. The summed E-state index contributed by atoms with van der Waals surface area (Å²) < 4.78 is 5.22. The zero-order valence-electron chi connectivity index (χ0n) is 12.1. The molecule has 1 aromatic heterocycles. The third-order valence-corrected chi connectivity index (χ3v) is 4.06. The van der Waals surface area contributed by atoms with Gasteiger partial charge >= 0.3 is 5.88 Å². The van der Waals surface area contributed by atoms with E-state index in [4.69, 9.17) is 4.42 Å². The SMILES string of the molecule is CSC1=N[C@H](c2ccc([N+](=O)[O-])o2)C(C(C)=O)=C(C)N1C. The Morgan fingerprint density at radius 3 is 2.67 bits per heavy atom. The Kier molecular flexibility index (Phi) is 4.17. The number of ketones is 1. The van der Waals surface area contributed by atoms with E-state index in [2.05, 4.69) is 4.99 Å². The fourth-order valence-corrected chi connectivity index (χ4v) is 2.84. The van der Waals surface area contributed by atoms with Crippen LogP contribution in [0.3, 0.4) is 0 Å². The molecule has 21 heavy (non-hydrogen) atoms. The summed E-state index contributed by atoms with van der Waals surface area (Å²) in [6, 6.07) is 2.12. The lowest BCUT2D eigenvalue weighted by molar-refractivity contribution is -0.402. The lowest BCUT2D eigenvalue weighted by atomic mass is 9.98. The van der Waals surface area contributed by atoms with Crippen LogP contribution in [0, 0.1) is 10.1 Å². The number of furan rings is 1. The quantitative estimate of drug-likeness (QED) is 0.630. The van der Waals surface area contributed by atoms with Crippen LogP contribution in [0.1, 0.15) is 25.6 Å². The Balaban J connectivity index is 2.53. The van der Waals surface area contributed by atoms with E-state index in [0.29, 0.717) is 11.3 Å². The maximum absolute atomic E-state index is 11.9. The topological polar surface area (TPSA) is 89.0 Å². The molecule has 0 saturated heterocycles. The monoisotopic (exact) mass is 309 g/mol. The van der Waals surface area contributed by atoms with Crippen molar-refractivity contribution >= 4 is 28.6 Å². The van der Waals surface area contributed by atoms with Gasteiger partial charge in [-0.15, -0.1) is 0 Å². The Morgan fingerprint density at radius 1 is 1.52 bits per heavy atom. The minimum absolute atomic E-state index is 0.132. The molecule has 0 aromatic carbocycles. The summed E-state index contributed by atoms with van der Waals surface area (Å²) >= 11 is 1.44. The van der Waals surface area contributed by atoms with Crippen molar-refractivity contribution in [3.05, 3.63) is 39.3 Å². The molecule has 1 atom stereocenters. The number of thioether (sulfide) groups is 1. The average Bonchev–Trinajstić information content (AvgIpc) is 2.90. The predicted molar refractivity (Wildman–Crippen MR) is 80.2 cm³/mol. The summed E-state index contributed by atoms with van der Waals surface area (Å²) in [5.74, 6) is -0.191. The molecule has 8 heteroatoms. The van der Waals surface area contributed by atoms with Gasteiger partial charge in [-0.1, -0.05) is 11.8 Å². The minimum atomic E-state index is -0.644. The number of hydrogen-bond acceptors (Lipinski definition) is 7. The van der Waals surface area contributed by atoms with Crippen molar-refractivity contribution in [3.8, 4) is 0 Å². The van der Waals surface area contributed by atoms with Gasteiger partial charge in [-0.2, -0.15) is 0 Å². The predicted octanol–water partition coefficient (Wildman–Crippen LogP) is 2.76. The third kappa shape index (κ3) is 2.71. The van der Waals surface area contributed by atoms with Crippen molar-refractivity contribution in [3.63, 3.8) is 0 Å². The lowest BCUT2D eigenvalue weighted by Crippen LogP contribution is -2.30. The van der Waals surface area contributed by atoms with Crippen molar-refractivity contribution in [2.24, 2.45) is 4.99 Å². The van der Waals surface area contributed by atoms with Crippen LogP contribution in [-0.4, -0.2) is 34.1 Å². The maximum Gasteiger partial charge on any atom is 0.433 e. The summed E-state index contributed by atoms with van der Waals surface area (Å²) in [6.07, 6.45) is 1.88. The summed E-state index contributed by atoms with van der Waals surface area (Å²) in [4.78, 5) is 28.4. The van der Waals surface area contributed by atoms with E-state index in [9.17, 15) is 14.9 Å². The normalized spacial score (nSPS) is 18.8. The van der Waals surface area contributed by atoms with Gasteiger partial charge in [0.15, 0.2) is 11.0 Å². The molecule has 2 heterocycles. The summed E-state index contributed by atoms with van der Waals surface area (Å²) in [6.45, 7) is 3.28. The number of nitrogens with zero attached hydrogens (tertiary/aromatic N) is 3. The molecule has 1 aliphatic rings. The van der Waals surface area contributed by atoms with E-state index in [1.807, 2.05) is 25.1 Å². The summed E-state index contributed by atoms with van der Waals surface area (Å²) in [7, 11) is 1.83. The number of carbonyl (C=O) groups excluding carboxylic acids is 1. The molecule has 2 rings (SSSR count). The molecule has 0 aliphatic carbocycles. The first kappa shape index (κ1) is 15.3. The van der Waals surface area contributed by atoms with Gasteiger partial charge in [0, 0.05) is 18.3 Å². The van der Waals surface area contributed by atoms with E-state index in [1.165, 1.54) is 30.8 Å². The minimum Gasteiger partial charge on any atom is -0.403 e. The number of aliphatic imine (C=N–C) groups is 1. The van der Waals surface area contributed by atoms with Crippen LogP contribution in [0.2, 0.25) is 0 Å². The summed E-state index contributed by atoms with van der Waals surface area (Å²) in [5, 5.41) is 11.5. The highest BCUT2D eigenvalue weighted by Crippen LogP contribution is 2.37. The molecule has 0 unspecified atom stereocenters. The van der Waals surface area contributed by atoms with E-state index in [0.717, 1.165) is 10.9 Å². The second-order valence-electron chi connectivity index (χ2n) is 4.57. The van der Waals surface area contributed by atoms with E-state index < -0.39 is 11.0 Å². The fraction of sp³-hybridized carbons (Fsp3) is 0.385. The Bertz CT molecular complexity index is 662. The second-order valence-corrected chi connectivity index (χ2v) is 5.34. The highest BCUT2D eigenvalue weighted by Gasteiger charge is 2.32. The van der Waals surface area contributed by atoms with Crippen molar-refractivity contribution in [2.45, 2.75) is 19.9 Å². The molecule has 1 aromatic rings. The molecule has 0 fully saturated rings. The van der Waals surface area contributed by atoms with E-state index in [-0.39, 0.29) is 11.7 Å². The van der Waals surface area contributed by atoms with Crippen molar-refractivity contribution in [2.75, 3.05) is 13.3 Å². The van der Waals surface area contributed by atoms with Crippen LogP contribution in [0.5, 0.6) is 0 Å². The van der Waals surface area contributed by atoms with Crippen molar-refractivity contribution in [1.29, 1.82) is 0 Å². The molecule has 0 spiro atoms. The van der Waals surface area contributed by atoms with E-state index >= 15 is 0 Å². The molecule has 0 bridgehead atoms. The maximum atomic E-state index is 11.9. The standard InChI is InChI=1S/C13H15N3O4S/c1-7-11(8(2)17)12(14-13(21-4)15(7)3)9-5-6-10(20-9)16(18)19/h5-6,12H,1-4H3/t12-/m1/s1. The van der Waals surface area contributed by atoms with Crippen LogP contribution in [0.4, 0.5) is 5.88 Å². The van der Waals surface area contributed by atoms with Gasteiger partial charge in [0.25, 0.3) is 0 Å². The van der Waals surface area contributed by atoms with Crippen molar-refractivity contribution < 1.29 is 14.1 Å².